The maximum atomic E-state index is 2.75. The Bertz CT molecular complexity index is 202. The summed E-state index contributed by atoms with van der Waals surface area (Å²) in [5.41, 5.74) is 1.53. The van der Waals surface area contributed by atoms with Crippen LogP contribution in [-0.4, -0.2) is 14.1 Å². The van der Waals surface area contributed by atoms with Gasteiger partial charge in [0.1, 0.15) is 0 Å². The van der Waals surface area contributed by atoms with Crippen LogP contribution in [0.1, 0.15) is 24.3 Å². The van der Waals surface area contributed by atoms with Crippen LogP contribution < -0.4 is 5.32 Å². The number of hydrogen-bond acceptors (Lipinski definition) is 1. The SMILES string of the molecule is CNC.c1ccc(C2CC2)cc1. The van der Waals surface area contributed by atoms with Gasteiger partial charge in [0.05, 0.1) is 0 Å². The predicted octanol–water partition coefficient (Wildman–Crippen LogP) is 2.40. The smallest absolute Gasteiger partial charge is 0.0162 e. The molecule has 0 amide bonds. The summed E-state index contributed by atoms with van der Waals surface area (Å²) in [5.74, 6) is 0.909. The van der Waals surface area contributed by atoms with Crippen LogP contribution in [0.25, 0.3) is 0 Å². The molecule has 12 heavy (non-hydrogen) atoms. The molecule has 1 fully saturated rings. The standard InChI is InChI=1S/C9H10.C2H7N/c1-2-4-8(5-3-1)9-6-7-9;1-3-2/h1-5,9H,6-7H2;3H,1-2H3. The quantitative estimate of drug-likeness (QED) is 0.670. The van der Waals surface area contributed by atoms with E-state index in [0.717, 1.165) is 5.92 Å². The number of rotatable bonds is 1. The molecule has 1 aliphatic carbocycles. The normalized spacial score (nSPS) is 14.8. The Labute approximate surface area is 74.8 Å². The highest BCUT2D eigenvalue weighted by Gasteiger charge is 2.22. The molecular weight excluding hydrogens is 146 g/mol. The Balaban J connectivity index is 0.000000213. The molecule has 1 aromatic rings. The number of benzene rings is 1. The molecule has 0 saturated heterocycles. The fraction of sp³-hybridized carbons (Fsp3) is 0.455. The molecule has 1 saturated carbocycles. The number of nitrogens with one attached hydrogen (secondary N) is 1. The van der Waals surface area contributed by atoms with Gasteiger partial charge in [-0.1, -0.05) is 30.3 Å². The molecule has 0 atom stereocenters. The second-order valence-corrected chi connectivity index (χ2v) is 3.18. The Morgan fingerprint density at radius 3 is 2.00 bits per heavy atom. The minimum atomic E-state index is 0.909. The van der Waals surface area contributed by atoms with E-state index in [2.05, 4.69) is 35.6 Å². The summed E-state index contributed by atoms with van der Waals surface area (Å²) >= 11 is 0. The summed E-state index contributed by atoms with van der Waals surface area (Å²) in [5, 5.41) is 2.75. The van der Waals surface area contributed by atoms with Gasteiger partial charge in [-0.25, -0.2) is 0 Å². The van der Waals surface area contributed by atoms with Crippen LogP contribution in [0.5, 0.6) is 0 Å². The third-order valence-electron chi connectivity index (χ3n) is 1.85. The maximum absolute atomic E-state index is 2.75. The summed E-state index contributed by atoms with van der Waals surface area (Å²) < 4.78 is 0. The van der Waals surface area contributed by atoms with E-state index in [1.54, 1.807) is 0 Å². The van der Waals surface area contributed by atoms with E-state index in [4.69, 9.17) is 0 Å². The van der Waals surface area contributed by atoms with Crippen molar-refractivity contribution in [2.75, 3.05) is 14.1 Å². The van der Waals surface area contributed by atoms with Crippen molar-refractivity contribution < 1.29 is 0 Å². The molecule has 0 aliphatic heterocycles. The Hall–Kier alpha value is -0.820. The monoisotopic (exact) mass is 163 g/mol. The zero-order chi connectivity index (χ0) is 8.81. The van der Waals surface area contributed by atoms with Crippen molar-refractivity contribution in [1.29, 1.82) is 0 Å². The van der Waals surface area contributed by atoms with Crippen LogP contribution in [0.15, 0.2) is 30.3 Å². The first-order chi connectivity index (χ1) is 5.88. The van der Waals surface area contributed by atoms with E-state index >= 15 is 0 Å². The first kappa shape index (κ1) is 9.27. The summed E-state index contributed by atoms with van der Waals surface area (Å²) in [4.78, 5) is 0. The van der Waals surface area contributed by atoms with Crippen LogP contribution in [0.4, 0.5) is 0 Å². The van der Waals surface area contributed by atoms with Crippen LogP contribution >= 0.6 is 0 Å². The Morgan fingerprint density at radius 1 is 1.08 bits per heavy atom. The predicted molar refractivity (Wildman–Crippen MR) is 53.4 cm³/mol. The first-order valence-corrected chi connectivity index (χ1v) is 4.52. The molecule has 0 bridgehead atoms. The zero-order valence-corrected chi connectivity index (χ0v) is 7.88. The molecule has 0 heterocycles. The molecule has 1 heteroatoms. The fourth-order valence-electron chi connectivity index (χ4n) is 1.14. The second kappa shape index (κ2) is 4.94. The van der Waals surface area contributed by atoms with Crippen LogP contribution in [0.2, 0.25) is 0 Å². The minimum Gasteiger partial charge on any atom is -0.323 e. The lowest BCUT2D eigenvalue weighted by Gasteiger charge is -1.92. The summed E-state index contributed by atoms with van der Waals surface area (Å²) in [6, 6.07) is 10.8. The van der Waals surface area contributed by atoms with Crippen LogP contribution in [0.3, 0.4) is 0 Å². The van der Waals surface area contributed by atoms with Gasteiger partial charge in [-0.3, -0.25) is 0 Å². The molecule has 0 spiro atoms. The molecule has 2 rings (SSSR count). The van der Waals surface area contributed by atoms with Gasteiger partial charge in [-0.15, -0.1) is 0 Å². The molecule has 1 N–H and O–H groups in total. The molecular formula is C11H17N. The largest absolute Gasteiger partial charge is 0.323 e. The molecule has 1 nitrogen and oxygen atoms in total. The van der Waals surface area contributed by atoms with E-state index in [9.17, 15) is 0 Å². The average molecular weight is 163 g/mol. The molecule has 1 aromatic carbocycles. The van der Waals surface area contributed by atoms with Crippen LogP contribution in [0, 0.1) is 0 Å². The van der Waals surface area contributed by atoms with Gasteiger partial charge >= 0.3 is 0 Å². The molecule has 0 unspecified atom stereocenters. The summed E-state index contributed by atoms with van der Waals surface area (Å²) in [6.07, 6.45) is 2.81. The molecule has 1 aliphatic rings. The van der Waals surface area contributed by atoms with Crippen molar-refractivity contribution in [2.24, 2.45) is 0 Å². The van der Waals surface area contributed by atoms with E-state index < -0.39 is 0 Å². The molecule has 0 radical (unpaired) electrons. The third-order valence-corrected chi connectivity index (χ3v) is 1.85. The van der Waals surface area contributed by atoms with Gasteiger partial charge in [-0.2, -0.15) is 0 Å². The van der Waals surface area contributed by atoms with Gasteiger partial charge in [0.2, 0.25) is 0 Å². The fourth-order valence-corrected chi connectivity index (χ4v) is 1.14. The van der Waals surface area contributed by atoms with E-state index in [-0.39, 0.29) is 0 Å². The topological polar surface area (TPSA) is 12.0 Å². The van der Waals surface area contributed by atoms with Crippen molar-refractivity contribution in [3.05, 3.63) is 35.9 Å². The van der Waals surface area contributed by atoms with E-state index in [1.807, 2.05) is 14.1 Å². The van der Waals surface area contributed by atoms with Gasteiger partial charge in [0.25, 0.3) is 0 Å². The minimum absolute atomic E-state index is 0.909. The highest BCUT2D eigenvalue weighted by Crippen LogP contribution is 2.39. The van der Waals surface area contributed by atoms with Gasteiger partial charge < -0.3 is 5.32 Å². The van der Waals surface area contributed by atoms with Gasteiger partial charge in [0.15, 0.2) is 0 Å². The lowest BCUT2D eigenvalue weighted by Crippen LogP contribution is -1.89. The van der Waals surface area contributed by atoms with Crippen molar-refractivity contribution in [3.63, 3.8) is 0 Å². The third kappa shape index (κ3) is 3.05. The lowest BCUT2D eigenvalue weighted by atomic mass is 10.1. The van der Waals surface area contributed by atoms with Gasteiger partial charge in [0, 0.05) is 0 Å². The van der Waals surface area contributed by atoms with Crippen molar-refractivity contribution in [2.45, 2.75) is 18.8 Å². The lowest BCUT2D eigenvalue weighted by molar-refractivity contribution is 1.02. The van der Waals surface area contributed by atoms with E-state index in [1.165, 1.54) is 18.4 Å². The molecule has 0 aromatic heterocycles. The van der Waals surface area contributed by atoms with Crippen LogP contribution in [-0.2, 0) is 0 Å². The summed E-state index contributed by atoms with van der Waals surface area (Å²) in [6.45, 7) is 0. The van der Waals surface area contributed by atoms with Crippen molar-refractivity contribution >= 4 is 0 Å². The Kier molecular flexibility index (Phi) is 3.81. The maximum Gasteiger partial charge on any atom is -0.0162 e. The molecule has 66 valence electrons. The van der Waals surface area contributed by atoms with Gasteiger partial charge in [-0.05, 0) is 38.4 Å². The highest BCUT2D eigenvalue weighted by molar-refractivity contribution is 5.22. The van der Waals surface area contributed by atoms with Crippen molar-refractivity contribution in [3.8, 4) is 0 Å². The highest BCUT2D eigenvalue weighted by atomic mass is 14.7. The number of hydrogen-bond donors (Lipinski definition) is 1. The average Bonchev–Trinajstić information content (AvgIpc) is 2.90. The first-order valence-electron chi connectivity index (χ1n) is 4.52. The summed E-state index contributed by atoms with van der Waals surface area (Å²) in [7, 11) is 3.75. The Morgan fingerprint density at radius 2 is 1.58 bits per heavy atom. The second-order valence-electron chi connectivity index (χ2n) is 3.18. The zero-order valence-electron chi connectivity index (χ0n) is 7.88. The van der Waals surface area contributed by atoms with Crippen molar-refractivity contribution in [1.82, 2.24) is 5.32 Å². The van der Waals surface area contributed by atoms with E-state index in [0.29, 0.717) is 0 Å².